The number of benzene rings is 3. The number of alkyl halides is 3. The van der Waals surface area contributed by atoms with E-state index in [9.17, 15) is 13.2 Å². The van der Waals surface area contributed by atoms with Crippen LogP contribution in [0.15, 0.2) is 84.2 Å². The van der Waals surface area contributed by atoms with E-state index in [4.69, 9.17) is 12.2 Å². The van der Waals surface area contributed by atoms with Gasteiger partial charge in [-0.3, -0.25) is 0 Å². The van der Waals surface area contributed by atoms with Gasteiger partial charge in [0, 0.05) is 5.56 Å². The number of hydrogen-bond acceptors (Lipinski definition) is 6. The Morgan fingerprint density at radius 3 is 2.40 bits per heavy atom. The minimum atomic E-state index is -4.74. The molecule has 0 bridgehead atoms. The van der Waals surface area contributed by atoms with Crippen LogP contribution in [-0.4, -0.2) is 32.8 Å². The fourth-order valence-electron chi connectivity index (χ4n) is 3.17. The van der Waals surface area contributed by atoms with Crippen molar-refractivity contribution in [1.82, 2.24) is 20.3 Å². The molecule has 1 aromatic heterocycles. The molecule has 0 radical (unpaired) electrons. The molecule has 0 amide bonds. The van der Waals surface area contributed by atoms with Gasteiger partial charge in [-0.05, 0) is 48.4 Å². The topological polar surface area (TPSA) is 67.6 Å². The van der Waals surface area contributed by atoms with E-state index in [0.29, 0.717) is 11.5 Å². The Bertz CT molecular complexity index is 1320. The van der Waals surface area contributed by atoms with E-state index >= 15 is 0 Å². The van der Waals surface area contributed by atoms with Crippen LogP contribution in [0.25, 0.3) is 17.1 Å². The summed E-state index contributed by atoms with van der Waals surface area (Å²) >= 11 is 5.08. The zero-order valence-electron chi connectivity index (χ0n) is 18.3. The monoisotopic (exact) mass is 496 g/mol. The number of nitrogens with one attached hydrogen (secondary N) is 1. The van der Waals surface area contributed by atoms with Crippen LogP contribution in [0, 0.1) is 6.92 Å². The normalized spacial score (nSPS) is 11.4. The number of hydrazine groups is 1. The Balaban J connectivity index is 1.40. The summed E-state index contributed by atoms with van der Waals surface area (Å²) in [6, 6.07) is 20.6. The van der Waals surface area contributed by atoms with Crippen LogP contribution in [0.1, 0.15) is 11.1 Å². The van der Waals surface area contributed by atoms with Crippen molar-refractivity contribution in [1.29, 1.82) is 0 Å². The Morgan fingerprint density at radius 1 is 1.03 bits per heavy atom. The van der Waals surface area contributed by atoms with Gasteiger partial charge in [0.2, 0.25) is 0 Å². The molecule has 3 aromatic carbocycles. The molecule has 0 aliphatic carbocycles. The minimum absolute atomic E-state index is 0.305. The number of ether oxygens (including phenoxy) is 1. The summed E-state index contributed by atoms with van der Waals surface area (Å²) in [5.41, 5.74) is 8.49. The van der Waals surface area contributed by atoms with Crippen LogP contribution in [0.5, 0.6) is 5.75 Å². The van der Waals surface area contributed by atoms with E-state index < -0.39 is 6.36 Å². The molecule has 178 valence electrons. The number of para-hydroxylation sites is 1. The highest BCUT2D eigenvalue weighted by atomic mass is 32.1. The van der Waals surface area contributed by atoms with Gasteiger partial charge in [0.1, 0.15) is 12.1 Å². The second-order valence-electron chi connectivity index (χ2n) is 7.30. The van der Waals surface area contributed by atoms with Crippen LogP contribution in [0.3, 0.4) is 0 Å². The lowest BCUT2D eigenvalue weighted by atomic mass is 10.1. The summed E-state index contributed by atoms with van der Waals surface area (Å²) in [5, 5.41) is 10.3. The first-order valence-corrected chi connectivity index (χ1v) is 10.8. The molecule has 1 N–H and O–H groups in total. The highest BCUT2D eigenvalue weighted by Gasteiger charge is 2.31. The van der Waals surface area contributed by atoms with Crippen LogP contribution in [-0.2, 0) is 0 Å². The molecule has 7 nitrogen and oxygen atoms in total. The van der Waals surface area contributed by atoms with Crippen molar-refractivity contribution in [2.45, 2.75) is 13.3 Å². The van der Waals surface area contributed by atoms with Gasteiger partial charge in [-0.25, -0.2) is 20.2 Å². The smallest absolute Gasteiger partial charge is 0.406 e. The molecule has 0 atom stereocenters. The van der Waals surface area contributed by atoms with Crippen molar-refractivity contribution >= 4 is 29.6 Å². The summed E-state index contributed by atoms with van der Waals surface area (Å²) in [6.45, 7) is 1.98. The number of halogens is 3. The third-order valence-electron chi connectivity index (χ3n) is 4.86. The first-order chi connectivity index (χ1) is 16.8. The van der Waals surface area contributed by atoms with Crippen molar-refractivity contribution in [3.05, 3.63) is 90.3 Å². The molecule has 0 saturated carbocycles. The molecule has 0 aliphatic heterocycles. The van der Waals surface area contributed by atoms with Crippen molar-refractivity contribution in [3.63, 3.8) is 0 Å². The first-order valence-electron chi connectivity index (χ1n) is 10.3. The second kappa shape index (κ2) is 10.3. The molecule has 4 aromatic rings. The van der Waals surface area contributed by atoms with Crippen molar-refractivity contribution in [3.8, 4) is 22.8 Å². The van der Waals surface area contributed by atoms with Gasteiger partial charge in [0.05, 0.1) is 23.1 Å². The molecule has 0 spiro atoms. The number of aromatic nitrogens is 3. The zero-order chi connectivity index (χ0) is 24.8. The number of aryl methyl sites for hydroxylation is 1. The number of thiocarbonyl (C=S) groups is 1. The second-order valence-corrected chi connectivity index (χ2v) is 7.51. The molecular weight excluding hydrogens is 477 g/mol. The zero-order valence-corrected chi connectivity index (χ0v) is 19.2. The summed E-state index contributed by atoms with van der Waals surface area (Å²) in [7, 11) is 0. The first kappa shape index (κ1) is 23.9. The lowest BCUT2D eigenvalue weighted by Crippen LogP contribution is -2.32. The molecule has 11 heteroatoms. The summed E-state index contributed by atoms with van der Waals surface area (Å²) < 4.78 is 42.3. The van der Waals surface area contributed by atoms with E-state index in [0.717, 1.165) is 22.4 Å². The van der Waals surface area contributed by atoms with Gasteiger partial charge in [-0.2, -0.15) is 5.10 Å². The lowest BCUT2D eigenvalue weighted by Gasteiger charge is -2.19. The maximum Gasteiger partial charge on any atom is 0.573 e. The van der Waals surface area contributed by atoms with Crippen molar-refractivity contribution < 1.29 is 17.9 Å². The van der Waals surface area contributed by atoms with Gasteiger partial charge in [0.25, 0.3) is 0 Å². The average Bonchev–Trinajstić information content (AvgIpc) is 3.33. The average molecular weight is 497 g/mol. The van der Waals surface area contributed by atoms with Gasteiger partial charge < -0.3 is 4.74 Å². The Labute approximate surface area is 204 Å². The predicted molar refractivity (Wildman–Crippen MR) is 132 cm³/mol. The summed E-state index contributed by atoms with van der Waals surface area (Å²) in [4.78, 5) is 4.28. The minimum Gasteiger partial charge on any atom is -0.406 e. The van der Waals surface area contributed by atoms with Gasteiger partial charge in [-0.15, -0.1) is 18.3 Å². The Hall–Kier alpha value is -4.25. The van der Waals surface area contributed by atoms with Gasteiger partial charge >= 0.3 is 6.36 Å². The lowest BCUT2D eigenvalue weighted by molar-refractivity contribution is -0.274. The Kier molecular flexibility index (Phi) is 7.06. The Morgan fingerprint density at radius 2 is 1.74 bits per heavy atom. The van der Waals surface area contributed by atoms with Crippen LogP contribution in [0.2, 0.25) is 0 Å². The molecule has 0 fully saturated rings. The molecule has 1 heterocycles. The highest BCUT2D eigenvalue weighted by molar-refractivity contribution is 7.79. The SMILES string of the molecule is Cc1ccccc1N(C=S)N/N=C/c1ccc(-c2ncn(-c3ccc(OC(F)(F)F)cc3)n2)cc1. The summed E-state index contributed by atoms with van der Waals surface area (Å²) in [5.74, 6) is 0.162. The molecule has 0 saturated heterocycles. The quantitative estimate of drug-likeness (QED) is 0.199. The van der Waals surface area contributed by atoms with E-state index in [1.165, 1.54) is 40.8 Å². The molecule has 4 rings (SSSR count). The number of rotatable bonds is 8. The van der Waals surface area contributed by atoms with Crippen molar-refractivity contribution in [2.75, 3.05) is 5.01 Å². The van der Waals surface area contributed by atoms with E-state index in [-0.39, 0.29) is 5.75 Å². The summed E-state index contributed by atoms with van der Waals surface area (Å²) in [6.07, 6.45) is -1.59. The third kappa shape index (κ3) is 6.21. The van der Waals surface area contributed by atoms with Gasteiger partial charge in [0.15, 0.2) is 5.82 Å². The van der Waals surface area contributed by atoms with E-state index in [1.54, 1.807) is 11.2 Å². The standard InChI is InChI=1S/C24H19F3N6OS/c1-17-4-2-3-5-22(17)33(16-35)31-29-14-18-6-8-19(9-7-18)23-28-15-32(30-23)20-10-12-21(13-11-20)34-24(25,26)27/h2-16,31H,1H3/b29-14+. The van der Waals surface area contributed by atoms with Crippen LogP contribution < -0.4 is 15.3 Å². The molecule has 35 heavy (non-hydrogen) atoms. The van der Waals surface area contributed by atoms with E-state index in [1.807, 2.05) is 55.5 Å². The van der Waals surface area contributed by atoms with Gasteiger partial charge in [-0.1, -0.05) is 54.7 Å². The number of hydrazone groups is 1. The van der Waals surface area contributed by atoms with Crippen molar-refractivity contribution in [2.24, 2.45) is 5.10 Å². The number of anilines is 1. The molecule has 0 unspecified atom stereocenters. The van der Waals surface area contributed by atoms with Crippen LogP contribution in [0.4, 0.5) is 18.9 Å². The maximum absolute atomic E-state index is 12.3. The number of nitrogens with zero attached hydrogens (tertiary/aromatic N) is 5. The third-order valence-corrected chi connectivity index (χ3v) is 5.07. The highest BCUT2D eigenvalue weighted by Crippen LogP contribution is 2.24. The number of hydrogen-bond donors (Lipinski definition) is 1. The predicted octanol–water partition coefficient (Wildman–Crippen LogP) is 5.44. The van der Waals surface area contributed by atoms with E-state index in [2.05, 4.69) is 25.5 Å². The van der Waals surface area contributed by atoms with Crippen LogP contribution >= 0.6 is 12.2 Å². The maximum atomic E-state index is 12.3. The molecule has 0 aliphatic rings. The fraction of sp³-hybridized carbons (Fsp3) is 0.0833. The fourth-order valence-corrected chi connectivity index (χ4v) is 3.33. The molecular formula is C24H19F3N6OS. The largest absolute Gasteiger partial charge is 0.573 e.